The van der Waals surface area contributed by atoms with Crippen molar-refractivity contribution in [2.75, 3.05) is 0 Å². The maximum atomic E-state index is 2.29. The quantitative estimate of drug-likeness (QED) is 0.295. The summed E-state index contributed by atoms with van der Waals surface area (Å²) in [4.78, 5) is 0. The van der Waals surface area contributed by atoms with E-state index in [2.05, 4.69) is 125 Å². The van der Waals surface area contributed by atoms with Gasteiger partial charge in [-0.05, 0) is 90.6 Å². The molecule has 4 aromatic carbocycles. The Hall–Kier alpha value is -3.38. The summed E-state index contributed by atoms with van der Waals surface area (Å²) in [5.74, 6) is 0. The van der Waals surface area contributed by atoms with E-state index in [1.807, 2.05) is 0 Å². The van der Waals surface area contributed by atoms with Crippen molar-refractivity contribution in [3.8, 4) is 22.3 Å². The van der Waals surface area contributed by atoms with Crippen molar-refractivity contribution in [1.82, 2.24) is 0 Å². The molecule has 0 aliphatic heterocycles. The molecule has 0 bridgehead atoms. The molecule has 0 heterocycles. The highest BCUT2D eigenvalue weighted by Gasteiger charge is 2.06. The van der Waals surface area contributed by atoms with Crippen LogP contribution in [-0.4, -0.2) is 0 Å². The SMILES string of the molecule is C/C=C/c1ccc(CCc2ccc(-c3ccc(-c4ccc(C)cc4)cc3)cc2)c(C)c1C. The first kappa shape index (κ1) is 21.8. The summed E-state index contributed by atoms with van der Waals surface area (Å²) in [7, 11) is 0. The molecule has 0 radical (unpaired) electrons. The Labute approximate surface area is 193 Å². The lowest BCUT2D eigenvalue weighted by molar-refractivity contribution is 0.945. The van der Waals surface area contributed by atoms with Crippen LogP contribution in [0.25, 0.3) is 28.3 Å². The highest BCUT2D eigenvalue weighted by atomic mass is 14.1. The second-order valence-electron chi connectivity index (χ2n) is 8.70. The number of rotatable bonds is 6. The number of hydrogen-bond donors (Lipinski definition) is 0. The van der Waals surface area contributed by atoms with Gasteiger partial charge in [-0.15, -0.1) is 0 Å². The highest BCUT2D eigenvalue weighted by molar-refractivity contribution is 5.70. The minimum atomic E-state index is 1.07. The molecule has 160 valence electrons. The van der Waals surface area contributed by atoms with Crippen molar-refractivity contribution >= 4 is 6.08 Å². The summed E-state index contributed by atoms with van der Waals surface area (Å²) in [6.07, 6.45) is 6.44. The molecule has 0 nitrogen and oxygen atoms in total. The monoisotopic (exact) mass is 416 g/mol. The molecule has 0 saturated heterocycles. The van der Waals surface area contributed by atoms with Crippen LogP contribution in [-0.2, 0) is 12.8 Å². The Kier molecular flexibility index (Phi) is 6.71. The average molecular weight is 417 g/mol. The van der Waals surface area contributed by atoms with Gasteiger partial charge >= 0.3 is 0 Å². The summed E-state index contributed by atoms with van der Waals surface area (Å²) in [5, 5.41) is 0. The van der Waals surface area contributed by atoms with Crippen LogP contribution >= 0.6 is 0 Å². The Bertz CT molecular complexity index is 1210. The molecule has 0 aliphatic rings. The van der Waals surface area contributed by atoms with Gasteiger partial charge in [0.2, 0.25) is 0 Å². The zero-order chi connectivity index (χ0) is 22.5. The first-order valence-electron chi connectivity index (χ1n) is 11.5. The first-order valence-corrected chi connectivity index (χ1v) is 11.5. The number of allylic oxidation sites excluding steroid dienone is 1. The van der Waals surface area contributed by atoms with Crippen LogP contribution in [0.15, 0.2) is 91.0 Å². The Morgan fingerprint density at radius 2 is 1.03 bits per heavy atom. The van der Waals surface area contributed by atoms with E-state index in [0.29, 0.717) is 0 Å². The second kappa shape index (κ2) is 9.83. The van der Waals surface area contributed by atoms with Crippen molar-refractivity contribution in [1.29, 1.82) is 0 Å². The lowest BCUT2D eigenvalue weighted by atomic mass is 9.93. The van der Waals surface area contributed by atoms with Crippen LogP contribution in [0.4, 0.5) is 0 Å². The van der Waals surface area contributed by atoms with E-state index in [0.717, 1.165) is 12.8 Å². The van der Waals surface area contributed by atoms with Gasteiger partial charge < -0.3 is 0 Å². The molecule has 0 unspecified atom stereocenters. The van der Waals surface area contributed by atoms with Crippen LogP contribution in [0, 0.1) is 20.8 Å². The maximum Gasteiger partial charge on any atom is -0.0184 e. The van der Waals surface area contributed by atoms with Gasteiger partial charge in [0.15, 0.2) is 0 Å². The smallest absolute Gasteiger partial charge is 0.0184 e. The van der Waals surface area contributed by atoms with E-state index < -0.39 is 0 Å². The molecule has 0 N–H and O–H groups in total. The topological polar surface area (TPSA) is 0 Å². The Balaban J connectivity index is 1.43. The third-order valence-electron chi connectivity index (χ3n) is 6.53. The van der Waals surface area contributed by atoms with Gasteiger partial charge in [0.25, 0.3) is 0 Å². The molecular weight excluding hydrogens is 384 g/mol. The van der Waals surface area contributed by atoms with Gasteiger partial charge in [0.1, 0.15) is 0 Å². The minimum Gasteiger partial charge on any atom is -0.0871 e. The van der Waals surface area contributed by atoms with Gasteiger partial charge in [-0.25, -0.2) is 0 Å². The van der Waals surface area contributed by atoms with Gasteiger partial charge in [0, 0.05) is 0 Å². The van der Waals surface area contributed by atoms with E-state index in [9.17, 15) is 0 Å². The van der Waals surface area contributed by atoms with Crippen LogP contribution in [0.3, 0.4) is 0 Å². The lowest BCUT2D eigenvalue weighted by Crippen LogP contribution is -1.98. The summed E-state index contributed by atoms with van der Waals surface area (Å²) >= 11 is 0. The van der Waals surface area contributed by atoms with Crippen molar-refractivity contribution in [2.24, 2.45) is 0 Å². The molecular formula is C32H32. The van der Waals surface area contributed by atoms with Crippen LogP contribution in [0.1, 0.15) is 40.3 Å². The van der Waals surface area contributed by atoms with E-state index in [-0.39, 0.29) is 0 Å². The Morgan fingerprint density at radius 3 is 1.56 bits per heavy atom. The lowest BCUT2D eigenvalue weighted by Gasteiger charge is -2.12. The molecule has 0 fully saturated rings. The van der Waals surface area contributed by atoms with E-state index in [1.54, 1.807) is 0 Å². The van der Waals surface area contributed by atoms with Gasteiger partial charge in [-0.3, -0.25) is 0 Å². The molecule has 0 saturated carbocycles. The zero-order valence-corrected chi connectivity index (χ0v) is 19.7. The third kappa shape index (κ3) is 4.92. The van der Waals surface area contributed by atoms with Crippen LogP contribution in [0.2, 0.25) is 0 Å². The molecule has 32 heavy (non-hydrogen) atoms. The highest BCUT2D eigenvalue weighted by Crippen LogP contribution is 2.26. The zero-order valence-electron chi connectivity index (χ0n) is 19.7. The second-order valence-corrected chi connectivity index (χ2v) is 8.70. The van der Waals surface area contributed by atoms with E-state index in [4.69, 9.17) is 0 Å². The van der Waals surface area contributed by atoms with Gasteiger partial charge in [-0.2, -0.15) is 0 Å². The van der Waals surface area contributed by atoms with Crippen molar-refractivity contribution in [3.05, 3.63) is 124 Å². The normalized spacial score (nSPS) is 11.2. The molecule has 0 aromatic heterocycles. The molecule has 4 aromatic rings. The average Bonchev–Trinajstić information content (AvgIpc) is 2.83. The molecule has 4 rings (SSSR count). The largest absolute Gasteiger partial charge is 0.0871 e. The van der Waals surface area contributed by atoms with E-state index in [1.165, 1.54) is 55.6 Å². The summed E-state index contributed by atoms with van der Waals surface area (Å²) in [6, 6.07) is 31.2. The Morgan fingerprint density at radius 1 is 0.531 bits per heavy atom. The summed E-state index contributed by atoms with van der Waals surface area (Å²) < 4.78 is 0. The van der Waals surface area contributed by atoms with Gasteiger partial charge in [-0.1, -0.05) is 103 Å². The number of hydrogen-bond acceptors (Lipinski definition) is 0. The molecule has 0 amide bonds. The fourth-order valence-corrected chi connectivity index (χ4v) is 4.27. The first-order chi connectivity index (χ1) is 15.5. The minimum absolute atomic E-state index is 1.07. The molecule has 0 aliphatic carbocycles. The summed E-state index contributed by atoms with van der Waals surface area (Å²) in [6.45, 7) is 8.68. The van der Waals surface area contributed by atoms with Crippen LogP contribution < -0.4 is 0 Å². The molecule has 0 heteroatoms. The standard InChI is InChI=1S/C32H32/c1-5-6-27-17-18-28(25(4)24(27)3)14-9-26-10-15-30(16-11-26)32-21-19-31(20-22-32)29-12-7-23(2)8-13-29/h5-8,10-13,15-22H,9,14H2,1-4H3/b6-5+. The predicted molar refractivity (Wildman–Crippen MR) is 140 cm³/mol. The maximum absolute atomic E-state index is 2.29. The fourth-order valence-electron chi connectivity index (χ4n) is 4.27. The van der Waals surface area contributed by atoms with Crippen LogP contribution in [0.5, 0.6) is 0 Å². The fraction of sp³-hybridized carbons (Fsp3) is 0.188. The number of benzene rings is 4. The van der Waals surface area contributed by atoms with Crippen molar-refractivity contribution in [3.63, 3.8) is 0 Å². The van der Waals surface area contributed by atoms with Crippen molar-refractivity contribution < 1.29 is 0 Å². The summed E-state index contributed by atoms with van der Waals surface area (Å²) in [5.41, 5.74) is 13.3. The third-order valence-corrected chi connectivity index (χ3v) is 6.53. The van der Waals surface area contributed by atoms with E-state index >= 15 is 0 Å². The molecule has 0 atom stereocenters. The van der Waals surface area contributed by atoms with Crippen molar-refractivity contribution in [2.45, 2.75) is 40.5 Å². The van der Waals surface area contributed by atoms with Gasteiger partial charge in [0.05, 0.1) is 0 Å². The number of aryl methyl sites for hydroxylation is 3. The predicted octanol–water partition coefficient (Wildman–Crippen LogP) is 8.76. The molecule has 0 spiro atoms.